The van der Waals surface area contributed by atoms with Crippen molar-refractivity contribution in [1.82, 2.24) is 0 Å². The van der Waals surface area contributed by atoms with E-state index in [9.17, 15) is 0 Å². The average Bonchev–Trinajstić information content (AvgIpc) is 2.62. The summed E-state index contributed by atoms with van der Waals surface area (Å²) < 4.78 is 0. The highest BCUT2D eigenvalue weighted by molar-refractivity contribution is 5.20. The molecule has 4 N–H and O–H groups in total. The second-order valence-corrected chi connectivity index (χ2v) is 7.80. The maximum Gasteiger partial charge on any atom is 0.0378 e. The minimum Gasteiger partial charge on any atom is -0.329 e. The standard InChI is InChI=1S/C20H34N2/c21-14-20(22)19-12-10-18(11-13-19)17-8-6-16(7-9-17)15-4-2-1-3-5-15/h8,12,15-16,18,20H,1-7,9-11,13-14,21-22H2. The fraction of sp³-hybridized carbons (Fsp3) is 0.800. The van der Waals surface area contributed by atoms with Crippen molar-refractivity contribution in [3.05, 3.63) is 23.3 Å². The Morgan fingerprint density at radius 3 is 2.32 bits per heavy atom. The van der Waals surface area contributed by atoms with Crippen molar-refractivity contribution in [2.75, 3.05) is 6.54 Å². The minimum atomic E-state index is 0.0944. The molecule has 0 aliphatic heterocycles. The molecule has 0 heterocycles. The molecule has 0 aromatic carbocycles. The summed E-state index contributed by atoms with van der Waals surface area (Å²) >= 11 is 0. The van der Waals surface area contributed by atoms with Crippen LogP contribution in [-0.4, -0.2) is 12.6 Å². The van der Waals surface area contributed by atoms with Crippen LogP contribution >= 0.6 is 0 Å². The Morgan fingerprint density at radius 2 is 1.73 bits per heavy atom. The first-order valence-electron chi connectivity index (χ1n) is 9.61. The number of nitrogens with two attached hydrogens (primary N) is 2. The third-order valence-corrected chi connectivity index (χ3v) is 6.50. The largest absolute Gasteiger partial charge is 0.329 e. The first-order valence-corrected chi connectivity index (χ1v) is 9.61. The van der Waals surface area contributed by atoms with Gasteiger partial charge < -0.3 is 11.5 Å². The van der Waals surface area contributed by atoms with Crippen LogP contribution in [0, 0.1) is 17.8 Å². The molecule has 3 aliphatic carbocycles. The highest BCUT2D eigenvalue weighted by Gasteiger charge is 2.28. The molecular weight excluding hydrogens is 268 g/mol. The van der Waals surface area contributed by atoms with Gasteiger partial charge >= 0.3 is 0 Å². The molecule has 0 aromatic rings. The number of rotatable bonds is 4. The summed E-state index contributed by atoms with van der Waals surface area (Å²) in [5.41, 5.74) is 14.9. The molecule has 0 aromatic heterocycles. The van der Waals surface area contributed by atoms with Crippen molar-refractivity contribution in [3.63, 3.8) is 0 Å². The van der Waals surface area contributed by atoms with E-state index in [1.54, 1.807) is 5.57 Å². The van der Waals surface area contributed by atoms with Gasteiger partial charge in [-0.05, 0) is 56.3 Å². The van der Waals surface area contributed by atoms with Crippen LogP contribution in [0.4, 0.5) is 0 Å². The fourth-order valence-electron chi connectivity index (χ4n) is 4.96. The van der Waals surface area contributed by atoms with Crippen molar-refractivity contribution in [2.24, 2.45) is 29.2 Å². The molecule has 1 saturated carbocycles. The fourth-order valence-corrected chi connectivity index (χ4v) is 4.96. The van der Waals surface area contributed by atoms with Gasteiger partial charge in [0.05, 0.1) is 0 Å². The molecule has 3 unspecified atom stereocenters. The van der Waals surface area contributed by atoms with Gasteiger partial charge in [-0.1, -0.05) is 55.4 Å². The normalized spacial score (nSPS) is 32.3. The Kier molecular flexibility index (Phi) is 5.76. The summed E-state index contributed by atoms with van der Waals surface area (Å²) in [6.45, 7) is 0.586. The molecule has 2 heteroatoms. The zero-order valence-corrected chi connectivity index (χ0v) is 14.1. The number of hydrogen-bond donors (Lipinski definition) is 2. The Hall–Kier alpha value is -0.600. The summed E-state index contributed by atoms with van der Waals surface area (Å²) in [5, 5.41) is 0. The van der Waals surface area contributed by atoms with Gasteiger partial charge in [-0.25, -0.2) is 0 Å². The van der Waals surface area contributed by atoms with Crippen molar-refractivity contribution in [1.29, 1.82) is 0 Å². The topological polar surface area (TPSA) is 52.0 Å². The molecule has 3 atom stereocenters. The van der Waals surface area contributed by atoms with Crippen molar-refractivity contribution in [2.45, 2.75) is 76.7 Å². The second-order valence-electron chi connectivity index (χ2n) is 7.80. The van der Waals surface area contributed by atoms with E-state index in [2.05, 4.69) is 12.2 Å². The van der Waals surface area contributed by atoms with Gasteiger partial charge in [0.2, 0.25) is 0 Å². The molecule has 0 spiro atoms. The highest BCUT2D eigenvalue weighted by atomic mass is 14.7. The minimum absolute atomic E-state index is 0.0944. The third-order valence-electron chi connectivity index (χ3n) is 6.50. The summed E-state index contributed by atoms with van der Waals surface area (Å²) in [6, 6.07) is 0.0944. The number of hydrogen-bond acceptors (Lipinski definition) is 2. The molecular formula is C20H34N2. The van der Waals surface area contributed by atoms with Crippen molar-refractivity contribution < 1.29 is 0 Å². The Balaban J connectivity index is 1.52. The van der Waals surface area contributed by atoms with Crippen molar-refractivity contribution in [3.8, 4) is 0 Å². The lowest BCUT2D eigenvalue weighted by Gasteiger charge is -2.35. The summed E-state index contributed by atoms with van der Waals surface area (Å²) in [6.07, 6.45) is 20.3. The summed E-state index contributed by atoms with van der Waals surface area (Å²) in [7, 11) is 0. The van der Waals surface area contributed by atoms with E-state index in [4.69, 9.17) is 11.5 Å². The predicted octanol–water partition coefficient (Wildman–Crippen LogP) is 4.31. The zero-order valence-electron chi connectivity index (χ0n) is 14.1. The van der Waals surface area contributed by atoms with E-state index >= 15 is 0 Å². The summed E-state index contributed by atoms with van der Waals surface area (Å²) in [4.78, 5) is 0. The lowest BCUT2D eigenvalue weighted by molar-refractivity contribution is 0.228. The van der Waals surface area contributed by atoms with E-state index in [0.29, 0.717) is 6.54 Å². The van der Waals surface area contributed by atoms with Gasteiger partial charge in [0, 0.05) is 12.6 Å². The van der Waals surface area contributed by atoms with Crippen LogP contribution in [0.5, 0.6) is 0 Å². The van der Waals surface area contributed by atoms with E-state index in [1.807, 2.05) is 0 Å². The smallest absolute Gasteiger partial charge is 0.0378 e. The molecule has 0 amide bonds. The Labute approximate surface area is 136 Å². The maximum absolute atomic E-state index is 6.06. The average molecular weight is 303 g/mol. The van der Waals surface area contributed by atoms with E-state index in [-0.39, 0.29) is 6.04 Å². The second kappa shape index (κ2) is 7.79. The monoisotopic (exact) mass is 302 g/mol. The molecule has 0 saturated heterocycles. The van der Waals surface area contributed by atoms with Crippen LogP contribution in [-0.2, 0) is 0 Å². The van der Waals surface area contributed by atoms with Gasteiger partial charge in [-0.2, -0.15) is 0 Å². The highest BCUT2D eigenvalue weighted by Crippen LogP contribution is 2.41. The van der Waals surface area contributed by atoms with Crippen LogP contribution in [0.1, 0.15) is 70.6 Å². The predicted molar refractivity (Wildman–Crippen MR) is 94.5 cm³/mol. The van der Waals surface area contributed by atoms with Crippen LogP contribution < -0.4 is 11.5 Å². The van der Waals surface area contributed by atoms with Gasteiger partial charge in [-0.15, -0.1) is 0 Å². The van der Waals surface area contributed by atoms with Crippen LogP contribution in [0.15, 0.2) is 23.3 Å². The SMILES string of the molecule is NCC(N)C1=CCC(C2=CCC(C3CCCCC3)CC2)CC1. The maximum atomic E-state index is 6.06. The first-order chi connectivity index (χ1) is 10.8. The lowest BCUT2D eigenvalue weighted by atomic mass is 9.71. The van der Waals surface area contributed by atoms with Gasteiger partial charge in [0.15, 0.2) is 0 Å². The van der Waals surface area contributed by atoms with Crippen LogP contribution in [0.25, 0.3) is 0 Å². The molecule has 22 heavy (non-hydrogen) atoms. The molecule has 3 rings (SSSR count). The molecule has 124 valence electrons. The molecule has 0 radical (unpaired) electrons. The van der Waals surface area contributed by atoms with Crippen LogP contribution in [0.2, 0.25) is 0 Å². The third kappa shape index (κ3) is 3.83. The molecule has 1 fully saturated rings. The zero-order chi connectivity index (χ0) is 15.4. The van der Waals surface area contributed by atoms with Crippen LogP contribution in [0.3, 0.4) is 0 Å². The van der Waals surface area contributed by atoms with Gasteiger partial charge in [0.1, 0.15) is 0 Å². The Morgan fingerprint density at radius 1 is 0.909 bits per heavy atom. The lowest BCUT2D eigenvalue weighted by Crippen LogP contribution is -2.33. The summed E-state index contributed by atoms with van der Waals surface area (Å²) in [5.74, 6) is 2.82. The van der Waals surface area contributed by atoms with E-state index < -0.39 is 0 Å². The number of allylic oxidation sites excluding steroid dienone is 3. The molecule has 2 nitrogen and oxygen atoms in total. The van der Waals surface area contributed by atoms with E-state index in [0.717, 1.165) is 24.2 Å². The van der Waals surface area contributed by atoms with Crippen molar-refractivity contribution >= 4 is 0 Å². The van der Waals surface area contributed by atoms with E-state index in [1.165, 1.54) is 69.8 Å². The molecule has 0 bridgehead atoms. The van der Waals surface area contributed by atoms with Gasteiger partial charge in [-0.3, -0.25) is 0 Å². The first kappa shape index (κ1) is 16.3. The van der Waals surface area contributed by atoms with Gasteiger partial charge in [0.25, 0.3) is 0 Å². The Bertz CT molecular complexity index is 417. The quantitative estimate of drug-likeness (QED) is 0.760. The molecule has 3 aliphatic rings.